The first-order valence-electron chi connectivity index (χ1n) is 4.65. The summed E-state index contributed by atoms with van der Waals surface area (Å²) >= 11 is 9.17. The molecule has 0 atom stereocenters. The van der Waals surface area contributed by atoms with Gasteiger partial charge in [-0.05, 0) is 48.4 Å². The number of halogens is 3. The van der Waals surface area contributed by atoms with E-state index in [-0.39, 0.29) is 11.2 Å². The minimum Gasteiger partial charge on any atom is -0.207 e. The van der Waals surface area contributed by atoms with Crippen LogP contribution < -0.4 is 0 Å². The van der Waals surface area contributed by atoms with Gasteiger partial charge in [0.2, 0.25) is 0 Å². The molecule has 1 fully saturated rings. The zero-order valence-electron chi connectivity index (χ0n) is 7.69. The lowest BCUT2D eigenvalue weighted by molar-refractivity contribution is 0.570. The largest absolute Gasteiger partial charge is 0.207 e. The van der Waals surface area contributed by atoms with Crippen molar-refractivity contribution in [1.82, 2.24) is 0 Å². The van der Waals surface area contributed by atoms with Gasteiger partial charge < -0.3 is 0 Å². The van der Waals surface area contributed by atoms with Crippen molar-refractivity contribution in [3.8, 4) is 0 Å². The third-order valence-corrected chi connectivity index (χ3v) is 3.77. The summed E-state index contributed by atoms with van der Waals surface area (Å²) in [5, 5.41) is 0. The van der Waals surface area contributed by atoms with Crippen molar-refractivity contribution in [3.63, 3.8) is 0 Å². The van der Waals surface area contributed by atoms with Gasteiger partial charge in [0.05, 0.1) is 0 Å². The second-order valence-electron chi connectivity index (χ2n) is 4.09. The first-order chi connectivity index (χ1) is 6.63. The van der Waals surface area contributed by atoms with Crippen LogP contribution in [0.2, 0.25) is 0 Å². The van der Waals surface area contributed by atoms with E-state index in [0.29, 0.717) is 5.88 Å². The van der Waals surface area contributed by atoms with E-state index in [4.69, 9.17) is 11.6 Å². The zero-order chi connectivity index (χ0) is 10.2. The van der Waals surface area contributed by atoms with Crippen molar-refractivity contribution in [2.45, 2.75) is 19.3 Å². The van der Waals surface area contributed by atoms with Crippen LogP contribution in [0.1, 0.15) is 18.4 Å². The van der Waals surface area contributed by atoms with Gasteiger partial charge in [-0.2, -0.15) is 0 Å². The van der Waals surface area contributed by atoms with Gasteiger partial charge in [0, 0.05) is 10.4 Å². The molecule has 0 bridgehead atoms. The fourth-order valence-electron chi connectivity index (χ4n) is 1.68. The third kappa shape index (κ3) is 2.29. The molecule has 0 saturated heterocycles. The second-order valence-corrected chi connectivity index (χ2v) is 5.27. The highest BCUT2D eigenvalue weighted by atomic mass is 79.9. The van der Waals surface area contributed by atoms with E-state index in [1.165, 1.54) is 18.9 Å². The van der Waals surface area contributed by atoms with Crippen molar-refractivity contribution < 1.29 is 4.39 Å². The summed E-state index contributed by atoms with van der Waals surface area (Å²) in [4.78, 5) is 0. The van der Waals surface area contributed by atoms with Crippen molar-refractivity contribution in [3.05, 3.63) is 34.1 Å². The first kappa shape index (κ1) is 10.4. The molecule has 0 unspecified atom stereocenters. The fourth-order valence-corrected chi connectivity index (χ4v) is 2.55. The molecule has 2 rings (SSSR count). The summed E-state index contributed by atoms with van der Waals surface area (Å²) in [5.74, 6) is 0.501. The lowest BCUT2D eigenvalue weighted by atomic mass is 9.98. The van der Waals surface area contributed by atoms with E-state index < -0.39 is 0 Å². The number of rotatable bonds is 3. The highest BCUT2D eigenvalue weighted by Gasteiger charge is 2.41. The van der Waals surface area contributed by atoms with Crippen molar-refractivity contribution in [2.75, 3.05) is 5.88 Å². The molecular formula is C11H11BrClF. The van der Waals surface area contributed by atoms with E-state index in [2.05, 4.69) is 15.9 Å². The fraction of sp³-hybridized carbons (Fsp3) is 0.455. The van der Waals surface area contributed by atoms with Crippen LogP contribution in [0.4, 0.5) is 4.39 Å². The molecule has 0 aliphatic heterocycles. The Kier molecular flexibility index (Phi) is 2.85. The molecule has 0 N–H and O–H groups in total. The predicted molar refractivity (Wildman–Crippen MR) is 60.2 cm³/mol. The first-order valence-corrected chi connectivity index (χ1v) is 5.97. The summed E-state index contributed by atoms with van der Waals surface area (Å²) in [7, 11) is 0. The molecule has 1 saturated carbocycles. The topological polar surface area (TPSA) is 0 Å². The molecular weight excluding hydrogens is 266 g/mol. The molecule has 3 heteroatoms. The van der Waals surface area contributed by atoms with E-state index in [1.54, 1.807) is 6.07 Å². The summed E-state index contributed by atoms with van der Waals surface area (Å²) in [5.41, 5.74) is 1.30. The van der Waals surface area contributed by atoms with Crippen LogP contribution >= 0.6 is 27.5 Å². The van der Waals surface area contributed by atoms with Crippen LogP contribution in [0.15, 0.2) is 22.7 Å². The van der Waals surface area contributed by atoms with Gasteiger partial charge in [0.1, 0.15) is 5.82 Å². The Morgan fingerprint density at radius 3 is 2.57 bits per heavy atom. The number of hydrogen-bond acceptors (Lipinski definition) is 0. The monoisotopic (exact) mass is 276 g/mol. The van der Waals surface area contributed by atoms with Crippen molar-refractivity contribution in [2.24, 2.45) is 5.41 Å². The molecule has 1 aromatic carbocycles. The molecule has 14 heavy (non-hydrogen) atoms. The average Bonchev–Trinajstić information content (AvgIpc) is 2.83. The molecule has 0 nitrogen and oxygen atoms in total. The maximum atomic E-state index is 13.1. The Morgan fingerprint density at radius 1 is 1.36 bits per heavy atom. The van der Waals surface area contributed by atoms with Crippen LogP contribution in [-0.4, -0.2) is 5.88 Å². The van der Waals surface area contributed by atoms with Gasteiger partial charge in [0.25, 0.3) is 0 Å². The van der Waals surface area contributed by atoms with Gasteiger partial charge in [-0.3, -0.25) is 0 Å². The second kappa shape index (κ2) is 3.82. The third-order valence-electron chi connectivity index (χ3n) is 2.74. The van der Waals surface area contributed by atoms with Crippen LogP contribution in [-0.2, 0) is 6.42 Å². The maximum absolute atomic E-state index is 13.1. The Morgan fingerprint density at radius 2 is 2.07 bits per heavy atom. The van der Waals surface area contributed by atoms with E-state index in [1.807, 2.05) is 6.07 Å². The molecule has 0 amide bonds. The number of hydrogen-bond donors (Lipinski definition) is 0. The molecule has 0 radical (unpaired) electrons. The normalized spacial score (nSPS) is 18.2. The lowest BCUT2D eigenvalue weighted by Crippen LogP contribution is -2.06. The van der Waals surface area contributed by atoms with E-state index >= 15 is 0 Å². The van der Waals surface area contributed by atoms with Gasteiger partial charge >= 0.3 is 0 Å². The number of benzene rings is 1. The molecule has 0 aromatic heterocycles. The van der Waals surface area contributed by atoms with E-state index in [0.717, 1.165) is 16.5 Å². The lowest BCUT2D eigenvalue weighted by Gasteiger charge is -2.11. The Hall–Kier alpha value is -0.0800. The Bertz CT molecular complexity index is 327. The summed E-state index contributed by atoms with van der Waals surface area (Å²) in [6.07, 6.45) is 3.24. The highest BCUT2D eigenvalue weighted by Crippen LogP contribution is 2.49. The maximum Gasteiger partial charge on any atom is 0.124 e. The molecule has 76 valence electrons. The smallest absolute Gasteiger partial charge is 0.124 e. The molecule has 1 aromatic rings. The Labute approximate surface area is 96.6 Å². The average molecular weight is 278 g/mol. The van der Waals surface area contributed by atoms with Crippen LogP contribution in [0.25, 0.3) is 0 Å². The Balaban J connectivity index is 2.16. The van der Waals surface area contributed by atoms with Crippen molar-refractivity contribution >= 4 is 27.5 Å². The van der Waals surface area contributed by atoms with Gasteiger partial charge in [-0.25, -0.2) is 4.39 Å². The predicted octanol–water partition coefficient (Wildman–Crippen LogP) is 4.15. The van der Waals surface area contributed by atoms with Crippen LogP contribution in [0, 0.1) is 11.2 Å². The molecule has 0 spiro atoms. The summed E-state index contributed by atoms with van der Waals surface area (Å²) in [6.45, 7) is 0. The zero-order valence-corrected chi connectivity index (χ0v) is 10.0. The highest BCUT2D eigenvalue weighted by molar-refractivity contribution is 9.10. The van der Waals surface area contributed by atoms with Crippen LogP contribution in [0.3, 0.4) is 0 Å². The summed E-state index contributed by atoms with van der Waals surface area (Å²) in [6, 6.07) is 5.04. The minimum absolute atomic E-state index is 0.181. The van der Waals surface area contributed by atoms with Gasteiger partial charge in [-0.15, -0.1) is 11.6 Å². The SMILES string of the molecule is Fc1cc(Br)cc(CC2(CCl)CC2)c1. The van der Waals surface area contributed by atoms with Crippen LogP contribution in [0.5, 0.6) is 0 Å². The molecule has 1 aliphatic rings. The number of alkyl halides is 1. The van der Waals surface area contributed by atoms with E-state index in [9.17, 15) is 4.39 Å². The van der Waals surface area contributed by atoms with Gasteiger partial charge in [0.15, 0.2) is 0 Å². The van der Waals surface area contributed by atoms with Crippen molar-refractivity contribution in [1.29, 1.82) is 0 Å². The van der Waals surface area contributed by atoms with Gasteiger partial charge in [-0.1, -0.05) is 15.9 Å². The molecule has 0 heterocycles. The minimum atomic E-state index is -0.181. The quantitative estimate of drug-likeness (QED) is 0.728. The molecule has 1 aliphatic carbocycles. The summed E-state index contributed by atoms with van der Waals surface area (Å²) < 4.78 is 13.9. The standard InChI is InChI=1S/C11H11BrClF/c12-9-3-8(4-10(14)5-9)6-11(7-13)1-2-11/h3-5H,1-2,6-7H2.